The van der Waals surface area contributed by atoms with Crippen molar-refractivity contribution in [3.05, 3.63) is 52.5 Å². The summed E-state index contributed by atoms with van der Waals surface area (Å²) in [7, 11) is -3.78. The molecule has 0 amide bonds. The summed E-state index contributed by atoms with van der Waals surface area (Å²) in [5.74, 6) is 0. The summed E-state index contributed by atoms with van der Waals surface area (Å²) in [6.45, 7) is 0. The zero-order valence-corrected chi connectivity index (χ0v) is 11.9. The first-order chi connectivity index (χ1) is 8.90. The molecule has 0 bridgehead atoms. The molecule has 19 heavy (non-hydrogen) atoms. The lowest BCUT2D eigenvalue weighted by Crippen LogP contribution is -2.14. The highest BCUT2D eigenvalue weighted by molar-refractivity contribution is 7.92. The quantitative estimate of drug-likeness (QED) is 0.853. The lowest BCUT2D eigenvalue weighted by atomic mass is 10.3. The Kier molecular flexibility index (Phi) is 3.89. The third kappa shape index (κ3) is 3.12. The van der Waals surface area contributed by atoms with Crippen LogP contribution in [0.5, 0.6) is 0 Å². The van der Waals surface area contributed by atoms with Gasteiger partial charge in [-0.05, 0) is 30.3 Å². The van der Waals surface area contributed by atoms with Crippen LogP contribution in [0, 0.1) is 0 Å². The van der Waals surface area contributed by atoms with Gasteiger partial charge in [0.25, 0.3) is 10.0 Å². The van der Waals surface area contributed by atoms with Crippen molar-refractivity contribution in [2.45, 2.75) is 4.90 Å². The predicted molar refractivity (Wildman–Crippen MR) is 78.1 cm³/mol. The largest absolute Gasteiger partial charge is 0.397 e. The van der Waals surface area contributed by atoms with Gasteiger partial charge in [-0.15, -0.1) is 0 Å². The third-order valence-corrected chi connectivity index (χ3v) is 4.48. The number of nitrogen functional groups attached to an aromatic ring is 1. The minimum Gasteiger partial charge on any atom is -0.397 e. The van der Waals surface area contributed by atoms with Gasteiger partial charge in [-0.3, -0.25) is 4.72 Å². The number of sulfonamides is 1. The fraction of sp³-hybridized carbons (Fsp3) is 0. The smallest absolute Gasteiger partial charge is 0.263 e. The molecule has 0 fully saturated rings. The van der Waals surface area contributed by atoms with Crippen molar-refractivity contribution in [3.63, 3.8) is 0 Å². The maximum absolute atomic E-state index is 12.2. The second kappa shape index (κ2) is 5.28. The molecule has 0 aliphatic carbocycles. The Morgan fingerprint density at radius 1 is 1.05 bits per heavy atom. The van der Waals surface area contributed by atoms with Crippen molar-refractivity contribution in [1.29, 1.82) is 0 Å². The topological polar surface area (TPSA) is 72.2 Å². The van der Waals surface area contributed by atoms with Gasteiger partial charge in [0, 0.05) is 5.02 Å². The molecule has 0 heterocycles. The number of hydrogen-bond acceptors (Lipinski definition) is 3. The normalized spacial score (nSPS) is 11.3. The first kappa shape index (κ1) is 14.0. The molecule has 0 radical (unpaired) electrons. The molecule has 0 aromatic heterocycles. The first-order valence-electron chi connectivity index (χ1n) is 5.22. The van der Waals surface area contributed by atoms with E-state index in [-0.39, 0.29) is 21.3 Å². The lowest BCUT2D eigenvalue weighted by molar-refractivity contribution is 0.601. The Morgan fingerprint density at radius 3 is 2.37 bits per heavy atom. The predicted octanol–water partition coefficient (Wildman–Crippen LogP) is 3.38. The van der Waals surface area contributed by atoms with Crippen LogP contribution >= 0.6 is 23.2 Å². The highest BCUT2D eigenvalue weighted by Crippen LogP contribution is 2.27. The fourth-order valence-electron chi connectivity index (χ4n) is 1.49. The van der Waals surface area contributed by atoms with Crippen LogP contribution in [0.4, 0.5) is 11.4 Å². The summed E-state index contributed by atoms with van der Waals surface area (Å²) in [6, 6.07) is 10.7. The van der Waals surface area contributed by atoms with E-state index in [9.17, 15) is 8.42 Å². The molecule has 0 atom stereocenters. The maximum atomic E-state index is 12.2. The van der Waals surface area contributed by atoms with Crippen LogP contribution in [0.25, 0.3) is 0 Å². The summed E-state index contributed by atoms with van der Waals surface area (Å²) >= 11 is 11.6. The van der Waals surface area contributed by atoms with Crippen LogP contribution in [0.3, 0.4) is 0 Å². The molecule has 2 rings (SSSR count). The monoisotopic (exact) mass is 316 g/mol. The second-order valence-corrected chi connectivity index (χ2v) is 6.26. The molecule has 3 N–H and O–H groups in total. The van der Waals surface area contributed by atoms with Gasteiger partial charge in [0.2, 0.25) is 0 Å². The molecule has 0 saturated carbocycles. The summed E-state index contributed by atoms with van der Waals surface area (Å²) in [5, 5.41) is 0.570. The molecule has 0 spiro atoms. The van der Waals surface area contributed by atoms with Crippen LogP contribution in [0.15, 0.2) is 47.4 Å². The number of rotatable bonds is 3. The lowest BCUT2D eigenvalue weighted by Gasteiger charge is -2.11. The standard InChI is InChI=1S/C12H10Cl2N2O2S/c13-8-5-6-11(10(15)7-8)16-19(17,18)12-4-2-1-3-9(12)14/h1-7,16H,15H2. The van der Waals surface area contributed by atoms with E-state index in [0.29, 0.717) is 5.02 Å². The number of halogens is 2. The second-order valence-electron chi connectivity index (χ2n) is 3.77. The van der Waals surface area contributed by atoms with E-state index in [1.165, 1.54) is 24.3 Å². The summed E-state index contributed by atoms with van der Waals surface area (Å²) in [5.41, 5.74) is 6.19. The minimum absolute atomic E-state index is 0.00832. The molecule has 100 valence electrons. The van der Waals surface area contributed by atoms with Crippen molar-refractivity contribution in [1.82, 2.24) is 0 Å². The zero-order valence-electron chi connectivity index (χ0n) is 9.60. The summed E-state index contributed by atoms with van der Waals surface area (Å²) in [6.07, 6.45) is 0. The third-order valence-electron chi connectivity index (χ3n) is 2.38. The first-order valence-corrected chi connectivity index (χ1v) is 7.46. The van der Waals surface area contributed by atoms with E-state index >= 15 is 0 Å². The van der Waals surface area contributed by atoms with Crippen LogP contribution in [0.2, 0.25) is 10.0 Å². The molecular formula is C12H10Cl2N2O2S. The van der Waals surface area contributed by atoms with E-state index in [1.54, 1.807) is 18.2 Å². The van der Waals surface area contributed by atoms with Gasteiger partial charge < -0.3 is 5.73 Å². The molecule has 2 aromatic carbocycles. The molecule has 7 heteroatoms. The Bertz CT molecular complexity index is 717. The number of hydrogen-bond donors (Lipinski definition) is 2. The van der Waals surface area contributed by atoms with Gasteiger partial charge in [0.15, 0.2) is 0 Å². The van der Waals surface area contributed by atoms with Gasteiger partial charge >= 0.3 is 0 Å². The van der Waals surface area contributed by atoms with E-state index in [2.05, 4.69) is 4.72 Å². The van der Waals surface area contributed by atoms with Gasteiger partial charge in [-0.25, -0.2) is 8.42 Å². The van der Waals surface area contributed by atoms with E-state index < -0.39 is 10.0 Å². The average molecular weight is 317 g/mol. The molecule has 2 aromatic rings. The van der Waals surface area contributed by atoms with E-state index in [1.807, 2.05) is 0 Å². The molecule has 0 aliphatic heterocycles. The number of anilines is 2. The highest BCUT2D eigenvalue weighted by Gasteiger charge is 2.18. The zero-order chi connectivity index (χ0) is 14.0. The van der Waals surface area contributed by atoms with Crippen molar-refractivity contribution in [2.24, 2.45) is 0 Å². The minimum atomic E-state index is -3.78. The maximum Gasteiger partial charge on any atom is 0.263 e. The molecule has 4 nitrogen and oxygen atoms in total. The highest BCUT2D eigenvalue weighted by atomic mass is 35.5. The average Bonchev–Trinajstić information content (AvgIpc) is 2.33. The molecular weight excluding hydrogens is 307 g/mol. The number of benzene rings is 2. The van der Waals surface area contributed by atoms with Gasteiger partial charge in [0.05, 0.1) is 16.4 Å². The Hall–Kier alpha value is -1.43. The van der Waals surface area contributed by atoms with E-state index in [0.717, 1.165) is 0 Å². The number of nitrogens with two attached hydrogens (primary N) is 1. The Balaban J connectivity index is 2.40. The SMILES string of the molecule is Nc1cc(Cl)ccc1NS(=O)(=O)c1ccccc1Cl. The number of nitrogens with one attached hydrogen (secondary N) is 1. The van der Waals surface area contributed by atoms with Crippen molar-refractivity contribution in [3.8, 4) is 0 Å². The van der Waals surface area contributed by atoms with Crippen molar-refractivity contribution >= 4 is 44.6 Å². The Morgan fingerprint density at radius 2 is 1.74 bits per heavy atom. The van der Waals surface area contributed by atoms with Crippen molar-refractivity contribution in [2.75, 3.05) is 10.5 Å². The van der Waals surface area contributed by atoms with Crippen molar-refractivity contribution < 1.29 is 8.42 Å². The Labute approximate surface area is 121 Å². The van der Waals surface area contributed by atoms with Crippen LogP contribution in [-0.2, 0) is 10.0 Å². The summed E-state index contributed by atoms with van der Waals surface area (Å²) < 4.78 is 26.7. The summed E-state index contributed by atoms with van der Waals surface area (Å²) in [4.78, 5) is -0.00832. The molecule has 0 saturated heterocycles. The van der Waals surface area contributed by atoms with E-state index in [4.69, 9.17) is 28.9 Å². The van der Waals surface area contributed by atoms with Gasteiger partial charge in [-0.2, -0.15) is 0 Å². The molecule has 0 aliphatic rings. The fourth-order valence-corrected chi connectivity index (χ4v) is 3.28. The van der Waals surface area contributed by atoms with Crippen LogP contribution in [0.1, 0.15) is 0 Å². The van der Waals surface area contributed by atoms with Crippen LogP contribution < -0.4 is 10.5 Å². The van der Waals surface area contributed by atoms with Crippen LogP contribution in [-0.4, -0.2) is 8.42 Å². The van der Waals surface area contributed by atoms with Gasteiger partial charge in [0.1, 0.15) is 4.90 Å². The molecule has 0 unspecified atom stereocenters. The van der Waals surface area contributed by atoms with Gasteiger partial charge in [-0.1, -0.05) is 35.3 Å².